The van der Waals surface area contributed by atoms with Crippen LogP contribution in [-0.4, -0.2) is 75.4 Å². The highest BCUT2D eigenvalue weighted by Crippen LogP contribution is 2.08. The predicted octanol–water partition coefficient (Wildman–Crippen LogP) is -1.68. The van der Waals surface area contributed by atoms with Crippen molar-refractivity contribution >= 4 is 23.7 Å². The summed E-state index contributed by atoms with van der Waals surface area (Å²) in [4.78, 5) is 48.7. The second-order valence-corrected chi connectivity index (χ2v) is 8.25. The van der Waals surface area contributed by atoms with Gasteiger partial charge in [0.25, 0.3) is 0 Å². The van der Waals surface area contributed by atoms with Crippen LogP contribution in [0.4, 0.5) is 0 Å². The Balaban J connectivity index is 5.44. The molecule has 0 rings (SSSR count). The van der Waals surface area contributed by atoms with Gasteiger partial charge >= 0.3 is 5.97 Å². The van der Waals surface area contributed by atoms with Crippen molar-refractivity contribution in [2.24, 2.45) is 17.6 Å². The minimum Gasteiger partial charge on any atom is -0.480 e. The topological polar surface area (TPSA) is 191 Å². The maximum absolute atomic E-state index is 12.7. The first-order valence-electron chi connectivity index (χ1n) is 9.94. The SMILES string of the molecule is CC(C)CC(NC(=O)C(N)C(C)O)C(=O)NC(C(=O)NC(C(=O)O)C(C)C)C(C)O. The average molecular weight is 433 g/mol. The summed E-state index contributed by atoms with van der Waals surface area (Å²) in [6.45, 7) is 9.46. The molecular formula is C19H36N4O7. The van der Waals surface area contributed by atoms with Gasteiger partial charge in [0.2, 0.25) is 17.7 Å². The van der Waals surface area contributed by atoms with Gasteiger partial charge in [-0.15, -0.1) is 0 Å². The average Bonchev–Trinajstić information content (AvgIpc) is 2.60. The summed E-state index contributed by atoms with van der Waals surface area (Å²) in [7, 11) is 0. The summed E-state index contributed by atoms with van der Waals surface area (Å²) in [5.41, 5.74) is 5.59. The lowest BCUT2D eigenvalue weighted by Crippen LogP contribution is -2.61. The first-order valence-corrected chi connectivity index (χ1v) is 9.94. The fraction of sp³-hybridized carbons (Fsp3) is 0.789. The molecule has 0 aromatic rings. The largest absolute Gasteiger partial charge is 0.480 e. The smallest absolute Gasteiger partial charge is 0.326 e. The summed E-state index contributed by atoms with van der Waals surface area (Å²) < 4.78 is 0. The molecule has 0 spiro atoms. The number of rotatable bonds is 12. The Morgan fingerprint density at radius 3 is 1.63 bits per heavy atom. The normalized spacial score (nSPS) is 17.4. The number of amides is 3. The van der Waals surface area contributed by atoms with Gasteiger partial charge in [0.05, 0.1) is 12.2 Å². The molecule has 11 nitrogen and oxygen atoms in total. The first kappa shape index (κ1) is 27.8. The Kier molecular flexibility index (Phi) is 11.5. The van der Waals surface area contributed by atoms with Gasteiger partial charge in [0.15, 0.2) is 0 Å². The zero-order valence-electron chi connectivity index (χ0n) is 18.4. The van der Waals surface area contributed by atoms with E-state index in [0.717, 1.165) is 0 Å². The van der Waals surface area contributed by atoms with E-state index in [-0.39, 0.29) is 12.3 Å². The van der Waals surface area contributed by atoms with Crippen LogP contribution >= 0.6 is 0 Å². The van der Waals surface area contributed by atoms with Gasteiger partial charge in [-0.05, 0) is 32.1 Å². The number of aliphatic hydroxyl groups excluding tert-OH is 2. The summed E-state index contributed by atoms with van der Waals surface area (Å²) >= 11 is 0. The minimum atomic E-state index is -1.44. The van der Waals surface area contributed by atoms with E-state index in [1.54, 1.807) is 13.8 Å². The van der Waals surface area contributed by atoms with Crippen LogP contribution < -0.4 is 21.7 Å². The number of carboxylic acids is 1. The standard InChI is InChI=1S/C19H36N4O7/c1-8(2)7-12(21-17(27)13(20)10(5)24)16(26)23-15(11(6)25)18(28)22-14(9(3)4)19(29)30/h8-15,24-25H,7,20H2,1-6H3,(H,21,27)(H,22,28)(H,23,26)(H,29,30). The molecule has 0 bridgehead atoms. The molecule has 0 heterocycles. The molecule has 6 atom stereocenters. The minimum absolute atomic E-state index is 0.0139. The number of hydrogen-bond acceptors (Lipinski definition) is 7. The predicted molar refractivity (Wildman–Crippen MR) is 109 cm³/mol. The van der Waals surface area contributed by atoms with Gasteiger partial charge in [-0.2, -0.15) is 0 Å². The molecule has 0 aromatic heterocycles. The highest BCUT2D eigenvalue weighted by Gasteiger charge is 2.34. The fourth-order valence-corrected chi connectivity index (χ4v) is 2.61. The van der Waals surface area contributed by atoms with Crippen LogP contribution in [0.25, 0.3) is 0 Å². The van der Waals surface area contributed by atoms with Gasteiger partial charge in [-0.1, -0.05) is 27.7 Å². The number of nitrogens with one attached hydrogen (secondary N) is 3. The van der Waals surface area contributed by atoms with E-state index in [9.17, 15) is 34.5 Å². The molecule has 0 aliphatic rings. The summed E-state index contributed by atoms with van der Waals surface area (Å²) in [5.74, 6) is -4.03. The quantitative estimate of drug-likeness (QED) is 0.190. The summed E-state index contributed by atoms with van der Waals surface area (Å²) in [6.07, 6.45) is -2.25. The van der Waals surface area contributed by atoms with E-state index in [1.165, 1.54) is 13.8 Å². The molecule has 0 fully saturated rings. The number of aliphatic hydroxyl groups is 2. The van der Waals surface area contributed by atoms with E-state index < -0.39 is 66.0 Å². The van der Waals surface area contributed by atoms with Crippen LogP contribution in [0.1, 0.15) is 48.0 Å². The van der Waals surface area contributed by atoms with E-state index in [2.05, 4.69) is 16.0 Å². The third-order valence-electron chi connectivity index (χ3n) is 4.46. The van der Waals surface area contributed by atoms with Crippen LogP contribution in [0.3, 0.4) is 0 Å². The van der Waals surface area contributed by atoms with Crippen molar-refractivity contribution in [2.75, 3.05) is 0 Å². The van der Waals surface area contributed by atoms with Crippen molar-refractivity contribution in [3.63, 3.8) is 0 Å². The highest BCUT2D eigenvalue weighted by molar-refractivity contribution is 5.94. The summed E-state index contributed by atoms with van der Waals surface area (Å²) in [6, 6.07) is -4.96. The molecule has 30 heavy (non-hydrogen) atoms. The van der Waals surface area contributed by atoms with Crippen molar-refractivity contribution in [1.82, 2.24) is 16.0 Å². The van der Waals surface area contributed by atoms with E-state index in [1.807, 2.05) is 13.8 Å². The van der Waals surface area contributed by atoms with E-state index in [0.29, 0.717) is 0 Å². The molecule has 0 aromatic carbocycles. The van der Waals surface area contributed by atoms with Crippen LogP contribution in [0.2, 0.25) is 0 Å². The van der Waals surface area contributed by atoms with Crippen molar-refractivity contribution in [3.05, 3.63) is 0 Å². The molecule has 3 amide bonds. The maximum atomic E-state index is 12.7. The van der Waals surface area contributed by atoms with Crippen LogP contribution in [-0.2, 0) is 19.2 Å². The fourth-order valence-electron chi connectivity index (χ4n) is 2.61. The summed E-state index contributed by atoms with van der Waals surface area (Å²) in [5, 5.41) is 35.8. The van der Waals surface area contributed by atoms with Gasteiger partial charge in [-0.25, -0.2) is 4.79 Å². The molecule has 0 saturated carbocycles. The van der Waals surface area contributed by atoms with Gasteiger partial charge < -0.3 is 37.0 Å². The lowest BCUT2D eigenvalue weighted by molar-refractivity contribution is -0.144. The van der Waals surface area contributed by atoms with Gasteiger partial charge in [-0.3, -0.25) is 14.4 Å². The Bertz CT molecular complexity index is 608. The molecular weight excluding hydrogens is 396 g/mol. The molecule has 174 valence electrons. The van der Waals surface area contributed by atoms with Crippen molar-refractivity contribution < 1.29 is 34.5 Å². The molecule has 11 heteroatoms. The lowest BCUT2D eigenvalue weighted by Gasteiger charge is -2.28. The van der Waals surface area contributed by atoms with E-state index >= 15 is 0 Å². The number of carboxylic acid groups (broad SMARTS) is 1. The number of carbonyl (C=O) groups excluding carboxylic acids is 3. The van der Waals surface area contributed by atoms with E-state index in [4.69, 9.17) is 5.73 Å². The molecule has 0 saturated heterocycles. The highest BCUT2D eigenvalue weighted by atomic mass is 16.4. The zero-order chi connectivity index (χ0) is 23.8. The Labute approximate surface area is 176 Å². The second-order valence-electron chi connectivity index (χ2n) is 8.25. The van der Waals surface area contributed by atoms with Crippen LogP contribution in [0.15, 0.2) is 0 Å². The molecule has 0 aliphatic carbocycles. The van der Waals surface area contributed by atoms with Crippen molar-refractivity contribution in [1.29, 1.82) is 0 Å². The molecule has 6 unspecified atom stereocenters. The Morgan fingerprint density at radius 2 is 1.27 bits per heavy atom. The number of nitrogens with two attached hydrogens (primary N) is 1. The maximum Gasteiger partial charge on any atom is 0.326 e. The van der Waals surface area contributed by atoms with Gasteiger partial charge in [0, 0.05) is 0 Å². The molecule has 8 N–H and O–H groups in total. The Morgan fingerprint density at radius 1 is 0.767 bits per heavy atom. The lowest BCUT2D eigenvalue weighted by atomic mass is 10.0. The molecule has 0 radical (unpaired) electrons. The van der Waals surface area contributed by atoms with Crippen LogP contribution in [0.5, 0.6) is 0 Å². The third-order valence-corrected chi connectivity index (χ3v) is 4.46. The van der Waals surface area contributed by atoms with Crippen molar-refractivity contribution in [3.8, 4) is 0 Å². The first-order chi connectivity index (χ1) is 13.7. The Hall–Kier alpha value is -2.24. The number of aliphatic carboxylic acids is 1. The number of carbonyl (C=O) groups is 4. The van der Waals surface area contributed by atoms with Crippen molar-refractivity contribution in [2.45, 2.75) is 84.3 Å². The van der Waals surface area contributed by atoms with Gasteiger partial charge in [0.1, 0.15) is 24.2 Å². The second kappa shape index (κ2) is 12.5. The van der Waals surface area contributed by atoms with Crippen LogP contribution in [0, 0.1) is 11.8 Å². The monoisotopic (exact) mass is 432 g/mol. The molecule has 0 aliphatic heterocycles. The zero-order valence-corrected chi connectivity index (χ0v) is 18.4. The number of hydrogen-bond donors (Lipinski definition) is 7. The third kappa shape index (κ3) is 9.06.